The lowest BCUT2D eigenvalue weighted by atomic mass is 10.1. The maximum Gasteiger partial charge on any atom is 0.330 e. The second-order valence-electron chi connectivity index (χ2n) is 3.99. The number of rotatable bonds is 10. The summed E-state index contributed by atoms with van der Waals surface area (Å²) in [4.78, 5) is 22.0. The largest absolute Gasteiger partial charge is 0.450 e. The van der Waals surface area contributed by atoms with Crippen molar-refractivity contribution in [3.8, 4) is 0 Å². The van der Waals surface area contributed by atoms with Crippen molar-refractivity contribution in [3.05, 3.63) is 12.7 Å². The Morgan fingerprint density at radius 3 is 2.35 bits per heavy atom. The maximum atomic E-state index is 11.0. The standard InChI is InChI=1S/C13H21ClO3/c1-3-5-6-7-8-9-10-11(13(14)16)17-12(15)4-2/h4,11H,2-3,5-10H2,1H3. The van der Waals surface area contributed by atoms with Crippen LogP contribution in [-0.2, 0) is 14.3 Å². The summed E-state index contributed by atoms with van der Waals surface area (Å²) in [6.07, 6.45) is 7.39. The van der Waals surface area contributed by atoms with Crippen molar-refractivity contribution in [2.75, 3.05) is 0 Å². The summed E-state index contributed by atoms with van der Waals surface area (Å²) in [5, 5.41) is -0.617. The highest BCUT2D eigenvalue weighted by Gasteiger charge is 2.19. The number of hydrogen-bond donors (Lipinski definition) is 0. The third-order valence-electron chi connectivity index (χ3n) is 2.50. The van der Waals surface area contributed by atoms with Crippen molar-refractivity contribution in [1.82, 2.24) is 0 Å². The lowest BCUT2D eigenvalue weighted by molar-refractivity contribution is -0.148. The molecular formula is C13H21ClO3. The van der Waals surface area contributed by atoms with E-state index in [0.29, 0.717) is 6.42 Å². The number of esters is 1. The van der Waals surface area contributed by atoms with Crippen molar-refractivity contribution in [2.45, 2.75) is 58.0 Å². The van der Waals surface area contributed by atoms with Crippen LogP contribution in [0.25, 0.3) is 0 Å². The fourth-order valence-corrected chi connectivity index (χ4v) is 1.67. The van der Waals surface area contributed by atoms with Gasteiger partial charge >= 0.3 is 5.97 Å². The molecule has 0 saturated carbocycles. The van der Waals surface area contributed by atoms with Crippen LogP contribution in [-0.4, -0.2) is 17.3 Å². The quantitative estimate of drug-likeness (QED) is 0.261. The molecule has 0 aliphatic carbocycles. The molecule has 3 nitrogen and oxygen atoms in total. The number of hydrogen-bond acceptors (Lipinski definition) is 3. The number of carbonyl (C=O) groups excluding carboxylic acids is 2. The first-order valence-electron chi connectivity index (χ1n) is 6.14. The monoisotopic (exact) mass is 260 g/mol. The molecule has 1 atom stereocenters. The van der Waals surface area contributed by atoms with Crippen LogP contribution < -0.4 is 0 Å². The molecule has 0 aromatic rings. The van der Waals surface area contributed by atoms with E-state index < -0.39 is 17.3 Å². The molecule has 0 aliphatic rings. The maximum absolute atomic E-state index is 11.0. The van der Waals surface area contributed by atoms with E-state index in [1.54, 1.807) is 0 Å². The van der Waals surface area contributed by atoms with Gasteiger partial charge in [-0.05, 0) is 24.4 Å². The van der Waals surface area contributed by atoms with Gasteiger partial charge in [0, 0.05) is 6.08 Å². The highest BCUT2D eigenvalue weighted by molar-refractivity contribution is 6.64. The summed E-state index contributed by atoms with van der Waals surface area (Å²) in [7, 11) is 0. The van der Waals surface area contributed by atoms with Crippen LogP contribution in [0, 0.1) is 0 Å². The van der Waals surface area contributed by atoms with Crippen LogP contribution in [0.15, 0.2) is 12.7 Å². The van der Waals surface area contributed by atoms with Gasteiger partial charge in [-0.25, -0.2) is 4.79 Å². The van der Waals surface area contributed by atoms with Crippen molar-refractivity contribution >= 4 is 22.8 Å². The molecule has 1 unspecified atom stereocenters. The molecule has 0 saturated heterocycles. The average Bonchev–Trinajstić information content (AvgIpc) is 2.31. The van der Waals surface area contributed by atoms with Gasteiger partial charge in [0.1, 0.15) is 0 Å². The molecule has 0 aliphatic heterocycles. The Labute approximate surface area is 108 Å². The van der Waals surface area contributed by atoms with Crippen molar-refractivity contribution in [1.29, 1.82) is 0 Å². The van der Waals surface area contributed by atoms with Gasteiger partial charge in [0.25, 0.3) is 5.24 Å². The zero-order valence-electron chi connectivity index (χ0n) is 10.4. The summed E-state index contributed by atoms with van der Waals surface area (Å²) < 4.78 is 4.85. The molecule has 98 valence electrons. The number of ether oxygens (including phenoxy) is 1. The lowest BCUT2D eigenvalue weighted by Crippen LogP contribution is -2.22. The van der Waals surface area contributed by atoms with Crippen molar-refractivity contribution in [2.24, 2.45) is 0 Å². The minimum atomic E-state index is -0.826. The lowest BCUT2D eigenvalue weighted by Gasteiger charge is -2.12. The summed E-state index contributed by atoms with van der Waals surface area (Å²) in [5.74, 6) is -0.602. The molecule has 0 heterocycles. The molecule has 0 aromatic heterocycles. The SMILES string of the molecule is C=CC(=O)OC(CCCCCCCC)C(=O)Cl. The summed E-state index contributed by atoms with van der Waals surface area (Å²) in [6.45, 7) is 5.44. The van der Waals surface area contributed by atoms with Crippen LogP contribution in [0.3, 0.4) is 0 Å². The number of carbonyl (C=O) groups is 2. The van der Waals surface area contributed by atoms with Crippen LogP contribution in [0.2, 0.25) is 0 Å². The highest BCUT2D eigenvalue weighted by atomic mass is 35.5. The Hall–Kier alpha value is -0.830. The summed E-state index contributed by atoms with van der Waals surface area (Å²) >= 11 is 5.36. The fourth-order valence-electron chi connectivity index (χ4n) is 1.52. The Kier molecular flexibility index (Phi) is 9.83. The van der Waals surface area contributed by atoms with E-state index >= 15 is 0 Å². The predicted octanol–water partition coefficient (Wildman–Crippen LogP) is 3.60. The van der Waals surface area contributed by atoms with E-state index in [-0.39, 0.29) is 0 Å². The van der Waals surface area contributed by atoms with Crippen molar-refractivity contribution in [3.63, 3.8) is 0 Å². The summed E-state index contributed by atoms with van der Waals surface area (Å²) in [5.41, 5.74) is 0. The molecule has 0 N–H and O–H groups in total. The second kappa shape index (κ2) is 10.3. The minimum Gasteiger partial charge on any atom is -0.450 e. The van der Waals surface area contributed by atoms with Gasteiger partial charge in [0.15, 0.2) is 6.10 Å². The van der Waals surface area contributed by atoms with Crippen LogP contribution in [0.5, 0.6) is 0 Å². The zero-order valence-corrected chi connectivity index (χ0v) is 11.2. The Balaban J connectivity index is 3.74. The zero-order chi connectivity index (χ0) is 13.1. The number of unbranched alkanes of at least 4 members (excludes halogenated alkanes) is 5. The third kappa shape index (κ3) is 8.93. The molecular weight excluding hydrogens is 240 g/mol. The molecule has 17 heavy (non-hydrogen) atoms. The van der Waals surface area contributed by atoms with Crippen LogP contribution in [0.4, 0.5) is 0 Å². The highest BCUT2D eigenvalue weighted by Crippen LogP contribution is 2.12. The molecule has 0 rings (SSSR count). The summed E-state index contributed by atoms with van der Waals surface area (Å²) in [6, 6.07) is 0. The van der Waals surface area contributed by atoms with E-state index in [1.807, 2.05) is 0 Å². The number of halogens is 1. The molecule has 4 heteroatoms. The normalized spacial score (nSPS) is 11.9. The van der Waals surface area contributed by atoms with Gasteiger partial charge in [-0.2, -0.15) is 0 Å². The first-order valence-corrected chi connectivity index (χ1v) is 6.52. The fraction of sp³-hybridized carbons (Fsp3) is 0.692. The first kappa shape index (κ1) is 16.2. The van der Waals surface area contributed by atoms with Gasteiger partial charge < -0.3 is 4.74 Å². The smallest absolute Gasteiger partial charge is 0.330 e. The molecule has 0 bridgehead atoms. The van der Waals surface area contributed by atoms with Gasteiger partial charge in [-0.3, -0.25) is 4.79 Å². The van der Waals surface area contributed by atoms with Gasteiger partial charge in [0.2, 0.25) is 0 Å². The Morgan fingerprint density at radius 2 is 1.82 bits per heavy atom. The average molecular weight is 261 g/mol. The first-order chi connectivity index (χ1) is 8.11. The molecule has 0 radical (unpaired) electrons. The molecule has 0 fully saturated rings. The Morgan fingerprint density at radius 1 is 1.24 bits per heavy atom. The van der Waals surface area contributed by atoms with E-state index in [1.165, 1.54) is 19.3 Å². The van der Waals surface area contributed by atoms with Crippen molar-refractivity contribution < 1.29 is 14.3 Å². The molecule has 0 aromatic carbocycles. The third-order valence-corrected chi connectivity index (χ3v) is 2.74. The van der Waals surface area contributed by atoms with E-state index in [2.05, 4.69) is 13.5 Å². The van der Waals surface area contributed by atoms with Crippen LogP contribution >= 0.6 is 11.6 Å². The van der Waals surface area contributed by atoms with Crippen LogP contribution in [0.1, 0.15) is 51.9 Å². The second-order valence-corrected chi connectivity index (χ2v) is 4.36. The molecule has 0 amide bonds. The predicted molar refractivity (Wildman–Crippen MR) is 68.9 cm³/mol. The van der Waals surface area contributed by atoms with E-state index in [0.717, 1.165) is 25.3 Å². The Bertz CT molecular complexity index is 251. The van der Waals surface area contributed by atoms with Gasteiger partial charge in [0.05, 0.1) is 0 Å². The van der Waals surface area contributed by atoms with E-state index in [4.69, 9.17) is 16.3 Å². The molecule has 0 spiro atoms. The van der Waals surface area contributed by atoms with Gasteiger partial charge in [-0.15, -0.1) is 0 Å². The van der Waals surface area contributed by atoms with E-state index in [9.17, 15) is 9.59 Å². The minimum absolute atomic E-state index is 0.494. The van der Waals surface area contributed by atoms with Gasteiger partial charge in [-0.1, -0.05) is 45.6 Å². The topological polar surface area (TPSA) is 43.4 Å².